The summed E-state index contributed by atoms with van der Waals surface area (Å²) in [5.41, 5.74) is 0. The molecule has 1 rings (SSSR count). The van der Waals surface area contributed by atoms with E-state index in [0.717, 1.165) is 12.1 Å². The number of halogens is 5. The largest absolute Gasteiger partial charge is 2.00 e. The number of ether oxygens (including phenoxy) is 1. The maximum Gasteiger partial charge on any atom is 2.00 e. The second-order valence-electron chi connectivity index (χ2n) is 1.92. The predicted octanol–water partition coefficient (Wildman–Crippen LogP) is -0.852. The Morgan fingerprint density at radius 3 is 2.29 bits per heavy atom. The van der Waals surface area contributed by atoms with Gasteiger partial charge in [-0.1, -0.05) is 6.07 Å². The molecule has 0 bridgehead atoms. The van der Waals surface area contributed by atoms with Gasteiger partial charge in [-0.05, 0) is 0 Å². The van der Waals surface area contributed by atoms with Crippen molar-refractivity contribution in [1.82, 2.24) is 0 Å². The molecule has 7 heteroatoms. The van der Waals surface area contributed by atoms with Crippen LogP contribution in [0.3, 0.4) is 0 Å². The SMILES string of the molecule is Fc1[c-]ccc(OC(F)(F)F)c1.[Cl-].[Mg+2]. The van der Waals surface area contributed by atoms with Crippen molar-refractivity contribution in [3.63, 3.8) is 0 Å². The fraction of sp³-hybridized carbons (Fsp3) is 0.143. The van der Waals surface area contributed by atoms with Gasteiger partial charge in [0, 0.05) is 11.6 Å². The van der Waals surface area contributed by atoms with Crippen molar-refractivity contribution >= 4 is 23.1 Å². The minimum Gasteiger partial charge on any atom is -1.00 e. The fourth-order valence-electron chi connectivity index (χ4n) is 0.615. The van der Waals surface area contributed by atoms with Crippen LogP contribution in [0.15, 0.2) is 18.2 Å². The summed E-state index contributed by atoms with van der Waals surface area (Å²) in [4.78, 5) is 0. The third-order valence-electron chi connectivity index (χ3n) is 0.971. The van der Waals surface area contributed by atoms with Crippen molar-refractivity contribution in [3.05, 3.63) is 30.1 Å². The first-order valence-corrected chi connectivity index (χ1v) is 2.90. The van der Waals surface area contributed by atoms with Crippen molar-refractivity contribution in [1.29, 1.82) is 0 Å². The number of benzene rings is 1. The van der Waals surface area contributed by atoms with Gasteiger partial charge in [-0.15, -0.1) is 25.3 Å². The van der Waals surface area contributed by atoms with E-state index >= 15 is 0 Å². The molecule has 74 valence electrons. The van der Waals surface area contributed by atoms with Gasteiger partial charge in [0.25, 0.3) is 0 Å². The van der Waals surface area contributed by atoms with Gasteiger partial charge < -0.3 is 17.1 Å². The second-order valence-corrected chi connectivity index (χ2v) is 1.92. The molecule has 1 aromatic rings. The molecule has 14 heavy (non-hydrogen) atoms. The first kappa shape index (κ1) is 16.2. The van der Waals surface area contributed by atoms with E-state index in [2.05, 4.69) is 4.74 Å². The first-order valence-electron chi connectivity index (χ1n) is 2.90. The van der Waals surface area contributed by atoms with Gasteiger partial charge in [0.1, 0.15) is 0 Å². The van der Waals surface area contributed by atoms with Crippen molar-refractivity contribution in [2.24, 2.45) is 0 Å². The van der Waals surface area contributed by atoms with Crippen molar-refractivity contribution in [3.8, 4) is 5.75 Å². The molecule has 1 aromatic carbocycles. The van der Waals surface area contributed by atoms with Crippen LogP contribution in [0.5, 0.6) is 5.75 Å². The van der Waals surface area contributed by atoms with Crippen LogP contribution in [0.1, 0.15) is 0 Å². The van der Waals surface area contributed by atoms with Crippen LogP contribution in [-0.2, 0) is 0 Å². The standard InChI is InChI=1S/C7H3F4O.ClH.Mg/c8-5-2-1-3-6(4-5)12-7(9,10)11;;/h1,3-4H;1H;/q-1;;+2/p-1. The van der Waals surface area contributed by atoms with Gasteiger partial charge in [-0.25, -0.2) is 4.39 Å². The Balaban J connectivity index is 0. The van der Waals surface area contributed by atoms with Crippen LogP contribution in [0, 0.1) is 11.9 Å². The zero-order chi connectivity index (χ0) is 9.19. The molecule has 0 spiro atoms. The third-order valence-corrected chi connectivity index (χ3v) is 0.971. The van der Waals surface area contributed by atoms with Crippen molar-refractivity contribution in [2.75, 3.05) is 0 Å². The van der Waals surface area contributed by atoms with E-state index in [0.29, 0.717) is 6.07 Å². The van der Waals surface area contributed by atoms with E-state index in [4.69, 9.17) is 0 Å². The number of hydrogen-bond donors (Lipinski definition) is 0. The molecule has 0 amide bonds. The third kappa shape index (κ3) is 6.28. The molecule has 0 fully saturated rings. The molecule has 0 aliphatic rings. The summed E-state index contributed by atoms with van der Waals surface area (Å²) in [5, 5.41) is 0. The van der Waals surface area contributed by atoms with E-state index in [1.807, 2.05) is 6.07 Å². The Labute approximate surface area is 100.0 Å². The molecule has 0 aliphatic carbocycles. The zero-order valence-electron chi connectivity index (χ0n) is 6.74. The van der Waals surface area contributed by atoms with Crippen molar-refractivity contribution in [2.45, 2.75) is 6.36 Å². The summed E-state index contributed by atoms with van der Waals surface area (Å²) in [6, 6.07) is 4.63. The predicted molar refractivity (Wildman–Crippen MR) is 37.7 cm³/mol. The molecule has 0 radical (unpaired) electrons. The summed E-state index contributed by atoms with van der Waals surface area (Å²) in [5.74, 6) is -1.48. The summed E-state index contributed by atoms with van der Waals surface area (Å²) in [6.07, 6.45) is -4.78. The van der Waals surface area contributed by atoms with E-state index in [9.17, 15) is 17.6 Å². The maximum atomic E-state index is 12.2. The fourth-order valence-corrected chi connectivity index (χ4v) is 0.615. The number of alkyl halides is 3. The van der Waals surface area contributed by atoms with Gasteiger partial charge in [0.05, 0.1) is 0 Å². The Hall–Kier alpha value is -0.204. The molecule has 0 atom stereocenters. The minimum absolute atomic E-state index is 0. The van der Waals surface area contributed by atoms with Crippen LogP contribution >= 0.6 is 0 Å². The summed E-state index contributed by atoms with van der Waals surface area (Å²) in [7, 11) is 0. The molecular weight excluding hydrogens is 236 g/mol. The van der Waals surface area contributed by atoms with Crippen LogP contribution in [0.2, 0.25) is 0 Å². The minimum atomic E-state index is -4.78. The maximum absolute atomic E-state index is 12.2. The van der Waals surface area contributed by atoms with E-state index in [-0.39, 0.29) is 35.5 Å². The Morgan fingerprint density at radius 1 is 1.29 bits per heavy atom. The van der Waals surface area contributed by atoms with Crippen LogP contribution in [0.4, 0.5) is 17.6 Å². The average Bonchev–Trinajstić information content (AvgIpc) is 1.82. The molecule has 0 unspecified atom stereocenters. The van der Waals surface area contributed by atoms with Gasteiger partial charge >= 0.3 is 29.4 Å². The Kier molecular flexibility index (Phi) is 7.32. The van der Waals surface area contributed by atoms with Crippen LogP contribution in [-0.4, -0.2) is 29.4 Å². The van der Waals surface area contributed by atoms with E-state index < -0.39 is 17.9 Å². The summed E-state index contributed by atoms with van der Waals surface area (Å²) >= 11 is 0. The van der Waals surface area contributed by atoms with E-state index in [1.54, 1.807) is 0 Å². The molecule has 0 aliphatic heterocycles. The number of rotatable bonds is 1. The zero-order valence-corrected chi connectivity index (χ0v) is 8.91. The first-order chi connectivity index (χ1) is 5.47. The molecule has 1 nitrogen and oxygen atoms in total. The Morgan fingerprint density at radius 2 is 1.86 bits per heavy atom. The van der Waals surface area contributed by atoms with Gasteiger partial charge in [-0.3, -0.25) is 0 Å². The molecule has 0 N–H and O–H groups in total. The normalized spacial score (nSPS) is 9.71. The molecule has 0 saturated carbocycles. The van der Waals surface area contributed by atoms with Gasteiger partial charge in [0.2, 0.25) is 0 Å². The van der Waals surface area contributed by atoms with Gasteiger partial charge in [0.15, 0.2) is 0 Å². The quantitative estimate of drug-likeness (QED) is 0.352. The smallest absolute Gasteiger partial charge is 1.00 e. The van der Waals surface area contributed by atoms with Crippen LogP contribution in [0.25, 0.3) is 0 Å². The summed E-state index contributed by atoms with van der Waals surface area (Å²) < 4.78 is 50.2. The van der Waals surface area contributed by atoms with Crippen molar-refractivity contribution < 1.29 is 34.7 Å². The molecule has 0 aromatic heterocycles. The molecule has 0 saturated heterocycles. The topological polar surface area (TPSA) is 9.23 Å². The van der Waals surface area contributed by atoms with E-state index in [1.165, 1.54) is 0 Å². The van der Waals surface area contributed by atoms with Crippen LogP contribution < -0.4 is 17.1 Å². The monoisotopic (exact) mass is 238 g/mol. The number of hydrogen-bond acceptors (Lipinski definition) is 1. The molecule has 0 heterocycles. The summed E-state index contributed by atoms with van der Waals surface area (Å²) in [6.45, 7) is 0. The average molecular weight is 239 g/mol. The Bertz CT molecular complexity index is 279. The van der Waals surface area contributed by atoms with Gasteiger partial charge in [-0.2, -0.15) is 6.07 Å². The molecular formula is C7H3ClF4MgO. The second kappa shape index (κ2) is 6.31.